The second-order valence-corrected chi connectivity index (χ2v) is 8.95. The summed E-state index contributed by atoms with van der Waals surface area (Å²) in [7, 11) is 0. The van der Waals surface area contributed by atoms with E-state index in [4.69, 9.17) is 10.5 Å². The SMILES string of the molecule is CCCCCCCCCCCCCCCCCCOC(=O)C(N)Cc1ccc(O)cc1. The smallest absolute Gasteiger partial charge is 0.323 e. The molecule has 0 bridgehead atoms. The molecular weight excluding hydrogens is 386 g/mol. The Bertz CT molecular complexity index is 544. The number of carbonyl (C=O) groups excluding carboxylic acids is 1. The number of phenolic OH excluding ortho intramolecular Hbond substituents is 1. The molecule has 3 N–H and O–H groups in total. The number of hydrogen-bond acceptors (Lipinski definition) is 4. The number of carbonyl (C=O) groups is 1. The van der Waals surface area contributed by atoms with Gasteiger partial charge in [0.25, 0.3) is 0 Å². The van der Waals surface area contributed by atoms with Crippen LogP contribution in [-0.4, -0.2) is 23.7 Å². The van der Waals surface area contributed by atoms with Crippen molar-refractivity contribution >= 4 is 5.97 Å². The van der Waals surface area contributed by atoms with E-state index in [0.29, 0.717) is 13.0 Å². The zero-order valence-corrected chi connectivity index (χ0v) is 20.0. The van der Waals surface area contributed by atoms with E-state index >= 15 is 0 Å². The van der Waals surface area contributed by atoms with E-state index in [2.05, 4.69) is 6.92 Å². The van der Waals surface area contributed by atoms with Crippen LogP contribution in [0.1, 0.15) is 115 Å². The van der Waals surface area contributed by atoms with Gasteiger partial charge in [0.2, 0.25) is 0 Å². The van der Waals surface area contributed by atoms with Gasteiger partial charge in [0.1, 0.15) is 11.8 Å². The molecule has 0 aromatic heterocycles. The monoisotopic (exact) mass is 433 g/mol. The first kappa shape index (κ1) is 27.5. The maximum atomic E-state index is 12.0. The standard InChI is InChI=1S/C27H47NO3/c1-2-3-4-5-6-7-8-9-10-11-12-13-14-15-16-17-22-31-27(30)26(28)23-24-18-20-25(29)21-19-24/h18-21,26,29H,2-17,22-23,28H2,1H3. The van der Waals surface area contributed by atoms with Crippen molar-refractivity contribution in [2.24, 2.45) is 5.73 Å². The van der Waals surface area contributed by atoms with Crippen LogP contribution in [0.2, 0.25) is 0 Å². The Morgan fingerprint density at radius 3 is 1.65 bits per heavy atom. The summed E-state index contributed by atoms with van der Waals surface area (Å²) >= 11 is 0. The van der Waals surface area contributed by atoms with Crippen molar-refractivity contribution in [3.63, 3.8) is 0 Å². The third-order valence-electron chi connectivity index (χ3n) is 5.94. The van der Waals surface area contributed by atoms with Crippen LogP contribution in [0.4, 0.5) is 0 Å². The molecule has 4 nitrogen and oxygen atoms in total. The minimum atomic E-state index is -0.648. The van der Waals surface area contributed by atoms with Gasteiger partial charge in [0, 0.05) is 0 Å². The van der Waals surface area contributed by atoms with Gasteiger partial charge in [0.05, 0.1) is 6.61 Å². The second-order valence-electron chi connectivity index (χ2n) is 8.95. The number of nitrogens with two attached hydrogens (primary N) is 1. The largest absolute Gasteiger partial charge is 0.508 e. The summed E-state index contributed by atoms with van der Waals surface area (Å²) in [6, 6.07) is 6.11. The summed E-state index contributed by atoms with van der Waals surface area (Å²) in [6.45, 7) is 2.73. The van der Waals surface area contributed by atoms with Crippen LogP contribution >= 0.6 is 0 Å². The van der Waals surface area contributed by atoms with Gasteiger partial charge in [-0.05, 0) is 30.5 Å². The minimum Gasteiger partial charge on any atom is -0.508 e. The zero-order valence-electron chi connectivity index (χ0n) is 20.0. The highest BCUT2D eigenvalue weighted by atomic mass is 16.5. The third kappa shape index (κ3) is 15.8. The van der Waals surface area contributed by atoms with E-state index in [1.807, 2.05) is 0 Å². The molecule has 1 rings (SSSR count). The molecule has 0 fully saturated rings. The van der Waals surface area contributed by atoms with Gasteiger partial charge < -0.3 is 15.6 Å². The average Bonchev–Trinajstić information content (AvgIpc) is 2.77. The van der Waals surface area contributed by atoms with E-state index in [1.165, 1.54) is 89.9 Å². The highest BCUT2D eigenvalue weighted by molar-refractivity contribution is 5.75. The predicted octanol–water partition coefficient (Wildman–Crippen LogP) is 7.07. The molecule has 0 aliphatic heterocycles. The van der Waals surface area contributed by atoms with Crippen molar-refractivity contribution in [3.05, 3.63) is 29.8 Å². The molecule has 0 aliphatic rings. The lowest BCUT2D eigenvalue weighted by atomic mass is 10.0. The molecule has 1 aromatic carbocycles. The van der Waals surface area contributed by atoms with E-state index in [1.54, 1.807) is 24.3 Å². The molecule has 0 aliphatic carbocycles. The predicted molar refractivity (Wildman–Crippen MR) is 130 cm³/mol. The van der Waals surface area contributed by atoms with Crippen molar-refractivity contribution < 1.29 is 14.6 Å². The number of rotatable bonds is 20. The zero-order chi connectivity index (χ0) is 22.6. The Morgan fingerprint density at radius 2 is 1.19 bits per heavy atom. The van der Waals surface area contributed by atoms with Crippen LogP contribution in [0.5, 0.6) is 5.75 Å². The van der Waals surface area contributed by atoms with Crippen LogP contribution in [0.15, 0.2) is 24.3 Å². The van der Waals surface area contributed by atoms with Crippen LogP contribution in [0.25, 0.3) is 0 Å². The fourth-order valence-corrected chi connectivity index (χ4v) is 3.90. The van der Waals surface area contributed by atoms with Crippen molar-refractivity contribution in [2.75, 3.05) is 6.61 Å². The number of aromatic hydroxyl groups is 1. The first-order valence-electron chi connectivity index (χ1n) is 12.8. The van der Waals surface area contributed by atoms with E-state index < -0.39 is 6.04 Å². The Kier molecular flexibility index (Phi) is 17.0. The van der Waals surface area contributed by atoms with Crippen molar-refractivity contribution in [1.82, 2.24) is 0 Å². The van der Waals surface area contributed by atoms with Gasteiger partial charge in [-0.1, -0.05) is 115 Å². The van der Waals surface area contributed by atoms with Crippen molar-refractivity contribution in [3.8, 4) is 5.75 Å². The molecule has 0 saturated heterocycles. The Balaban J connectivity index is 1.83. The van der Waals surface area contributed by atoms with E-state index in [9.17, 15) is 9.90 Å². The second kappa shape index (κ2) is 19.2. The summed E-state index contributed by atoms with van der Waals surface area (Å²) in [5.41, 5.74) is 6.84. The molecule has 0 saturated carbocycles. The van der Waals surface area contributed by atoms with E-state index in [0.717, 1.165) is 18.4 Å². The number of unbranched alkanes of at least 4 members (excludes halogenated alkanes) is 15. The Hall–Kier alpha value is -1.55. The maximum absolute atomic E-state index is 12.0. The van der Waals surface area contributed by atoms with E-state index in [-0.39, 0.29) is 11.7 Å². The molecule has 0 heterocycles. The summed E-state index contributed by atoms with van der Waals surface area (Å²) < 4.78 is 5.31. The Labute approximate surface area is 191 Å². The molecule has 0 spiro atoms. The van der Waals surface area contributed by atoms with Crippen LogP contribution < -0.4 is 5.73 Å². The molecule has 1 aromatic rings. The number of phenols is 1. The summed E-state index contributed by atoms with van der Waals surface area (Å²) in [5.74, 6) is -0.127. The molecule has 178 valence electrons. The Morgan fingerprint density at radius 1 is 0.774 bits per heavy atom. The quantitative estimate of drug-likeness (QED) is 0.170. The molecular formula is C27H47NO3. The molecule has 1 atom stereocenters. The molecule has 1 unspecified atom stereocenters. The topological polar surface area (TPSA) is 72.5 Å². The first-order chi connectivity index (χ1) is 15.1. The van der Waals surface area contributed by atoms with Crippen LogP contribution in [0, 0.1) is 0 Å². The lowest BCUT2D eigenvalue weighted by Crippen LogP contribution is -2.34. The van der Waals surface area contributed by atoms with Crippen molar-refractivity contribution in [2.45, 2.75) is 122 Å². The van der Waals surface area contributed by atoms with Gasteiger partial charge >= 0.3 is 5.97 Å². The van der Waals surface area contributed by atoms with Gasteiger partial charge in [0.15, 0.2) is 0 Å². The van der Waals surface area contributed by atoms with Crippen LogP contribution in [-0.2, 0) is 16.0 Å². The summed E-state index contributed by atoms with van der Waals surface area (Å²) in [6.07, 6.45) is 21.7. The molecule has 4 heteroatoms. The molecule has 31 heavy (non-hydrogen) atoms. The van der Waals surface area contributed by atoms with Crippen molar-refractivity contribution in [1.29, 1.82) is 0 Å². The average molecular weight is 434 g/mol. The lowest BCUT2D eigenvalue weighted by molar-refractivity contribution is -0.145. The third-order valence-corrected chi connectivity index (χ3v) is 5.94. The number of esters is 1. The fraction of sp³-hybridized carbons (Fsp3) is 0.741. The fourth-order valence-electron chi connectivity index (χ4n) is 3.90. The normalized spacial score (nSPS) is 12.1. The number of ether oxygens (including phenoxy) is 1. The highest BCUT2D eigenvalue weighted by Crippen LogP contribution is 2.14. The van der Waals surface area contributed by atoms with Gasteiger partial charge in [-0.25, -0.2) is 0 Å². The molecule has 0 amide bonds. The number of hydrogen-bond donors (Lipinski definition) is 2. The van der Waals surface area contributed by atoms with Gasteiger partial charge in [-0.2, -0.15) is 0 Å². The van der Waals surface area contributed by atoms with Gasteiger partial charge in [-0.15, -0.1) is 0 Å². The van der Waals surface area contributed by atoms with Crippen LogP contribution in [0.3, 0.4) is 0 Å². The minimum absolute atomic E-state index is 0.211. The summed E-state index contributed by atoms with van der Waals surface area (Å²) in [5, 5.41) is 9.29. The number of benzene rings is 1. The molecule has 0 radical (unpaired) electrons. The maximum Gasteiger partial charge on any atom is 0.323 e. The first-order valence-corrected chi connectivity index (χ1v) is 12.8. The summed E-state index contributed by atoms with van der Waals surface area (Å²) in [4.78, 5) is 12.0. The highest BCUT2D eigenvalue weighted by Gasteiger charge is 2.15. The lowest BCUT2D eigenvalue weighted by Gasteiger charge is -2.11. The van der Waals surface area contributed by atoms with Gasteiger partial charge in [-0.3, -0.25) is 4.79 Å².